The van der Waals surface area contributed by atoms with Crippen LogP contribution in [0.15, 0.2) is 12.2 Å². The zero-order valence-electron chi connectivity index (χ0n) is 11.5. The van der Waals surface area contributed by atoms with Crippen molar-refractivity contribution in [3.63, 3.8) is 0 Å². The molecule has 0 aliphatic rings. The van der Waals surface area contributed by atoms with Crippen LogP contribution in [0, 0.1) is 5.92 Å². The highest BCUT2D eigenvalue weighted by Crippen LogP contribution is 2.11. The first-order chi connectivity index (χ1) is 8.16. The van der Waals surface area contributed by atoms with Gasteiger partial charge in [0, 0.05) is 6.42 Å². The molecule has 1 unspecified atom stereocenters. The van der Waals surface area contributed by atoms with E-state index in [1.807, 2.05) is 0 Å². The van der Waals surface area contributed by atoms with Crippen LogP contribution in [0.5, 0.6) is 0 Å². The van der Waals surface area contributed by atoms with Gasteiger partial charge in [0.2, 0.25) is 0 Å². The Hall–Kier alpha value is -0.790. The van der Waals surface area contributed by atoms with E-state index in [1.165, 1.54) is 25.7 Å². The van der Waals surface area contributed by atoms with Crippen LogP contribution in [0.1, 0.15) is 71.6 Å². The van der Waals surface area contributed by atoms with E-state index in [1.54, 1.807) is 0 Å². The zero-order valence-corrected chi connectivity index (χ0v) is 11.5. The number of hydrogen-bond donors (Lipinski definition) is 1. The first kappa shape index (κ1) is 16.2. The second-order valence-electron chi connectivity index (χ2n) is 4.91. The van der Waals surface area contributed by atoms with Gasteiger partial charge in [0.1, 0.15) is 0 Å². The van der Waals surface area contributed by atoms with Gasteiger partial charge in [-0.25, -0.2) is 0 Å². The maximum Gasteiger partial charge on any atom is 0.303 e. The average molecular weight is 240 g/mol. The van der Waals surface area contributed by atoms with Gasteiger partial charge >= 0.3 is 5.97 Å². The van der Waals surface area contributed by atoms with E-state index in [-0.39, 0.29) is 0 Å². The lowest BCUT2D eigenvalue weighted by atomic mass is 10.0. The molecule has 17 heavy (non-hydrogen) atoms. The number of rotatable bonds is 11. The van der Waals surface area contributed by atoms with Gasteiger partial charge in [-0.05, 0) is 38.0 Å². The molecular formula is C15H28O2. The first-order valence-corrected chi connectivity index (χ1v) is 7.03. The van der Waals surface area contributed by atoms with Crippen molar-refractivity contribution in [2.45, 2.75) is 71.6 Å². The summed E-state index contributed by atoms with van der Waals surface area (Å²) in [6, 6.07) is 0. The topological polar surface area (TPSA) is 37.3 Å². The minimum Gasteiger partial charge on any atom is -0.481 e. The normalized spacial score (nSPS) is 13.1. The van der Waals surface area contributed by atoms with E-state index in [4.69, 9.17) is 5.11 Å². The maximum atomic E-state index is 10.3. The van der Waals surface area contributed by atoms with E-state index < -0.39 is 5.97 Å². The van der Waals surface area contributed by atoms with Crippen LogP contribution in [0.4, 0.5) is 0 Å². The maximum absolute atomic E-state index is 10.3. The highest BCUT2D eigenvalue weighted by molar-refractivity contribution is 5.66. The molecule has 0 rings (SSSR count). The molecule has 2 heteroatoms. The third kappa shape index (κ3) is 13.1. The smallest absolute Gasteiger partial charge is 0.303 e. The number of allylic oxidation sites excluding steroid dienone is 2. The highest BCUT2D eigenvalue weighted by atomic mass is 16.4. The number of carboxylic acid groups (broad SMARTS) is 1. The summed E-state index contributed by atoms with van der Waals surface area (Å²) in [4.78, 5) is 10.3. The van der Waals surface area contributed by atoms with Crippen LogP contribution in [0.3, 0.4) is 0 Å². The molecule has 0 saturated carbocycles. The van der Waals surface area contributed by atoms with Gasteiger partial charge in [-0.1, -0.05) is 45.3 Å². The molecule has 0 aromatic heterocycles. The Labute approximate surface area is 106 Å². The predicted molar refractivity (Wildman–Crippen MR) is 73.2 cm³/mol. The van der Waals surface area contributed by atoms with E-state index >= 15 is 0 Å². The minimum atomic E-state index is -0.675. The number of hydrogen-bond acceptors (Lipinski definition) is 1. The lowest BCUT2D eigenvalue weighted by molar-refractivity contribution is -0.137. The SMILES string of the molecule is CCC(C)CCCC=CCCCCCC(=O)O. The van der Waals surface area contributed by atoms with Crippen molar-refractivity contribution in [3.05, 3.63) is 12.2 Å². The summed E-state index contributed by atoms with van der Waals surface area (Å²) in [5.41, 5.74) is 0. The van der Waals surface area contributed by atoms with Crippen LogP contribution in [0.25, 0.3) is 0 Å². The van der Waals surface area contributed by atoms with Gasteiger partial charge in [-0.2, -0.15) is 0 Å². The summed E-state index contributed by atoms with van der Waals surface area (Å²) < 4.78 is 0. The highest BCUT2D eigenvalue weighted by Gasteiger charge is 1.96. The third-order valence-corrected chi connectivity index (χ3v) is 3.19. The second-order valence-corrected chi connectivity index (χ2v) is 4.91. The van der Waals surface area contributed by atoms with E-state index in [9.17, 15) is 4.79 Å². The summed E-state index contributed by atoms with van der Waals surface area (Å²) >= 11 is 0. The molecule has 0 saturated heterocycles. The number of carbonyl (C=O) groups is 1. The van der Waals surface area contributed by atoms with Crippen LogP contribution in [-0.2, 0) is 4.79 Å². The Morgan fingerprint density at radius 1 is 1.12 bits per heavy atom. The van der Waals surface area contributed by atoms with E-state index in [0.717, 1.165) is 31.6 Å². The number of carboxylic acids is 1. The Balaban J connectivity index is 3.17. The van der Waals surface area contributed by atoms with Crippen LogP contribution in [-0.4, -0.2) is 11.1 Å². The van der Waals surface area contributed by atoms with Crippen molar-refractivity contribution in [2.24, 2.45) is 5.92 Å². The molecule has 0 amide bonds. The predicted octanol–water partition coefficient (Wildman–Crippen LogP) is 4.79. The molecule has 0 aliphatic carbocycles. The first-order valence-electron chi connectivity index (χ1n) is 7.03. The molecule has 2 nitrogen and oxygen atoms in total. The fourth-order valence-corrected chi connectivity index (χ4v) is 1.74. The average Bonchev–Trinajstić information content (AvgIpc) is 2.30. The lowest BCUT2D eigenvalue weighted by Crippen LogP contribution is -1.93. The van der Waals surface area contributed by atoms with Crippen molar-refractivity contribution < 1.29 is 9.90 Å². The van der Waals surface area contributed by atoms with Crippen molar-refractivity contribution >= 4 is 5.97 Å². The van der Waals surface area contributed by atoms with Crippen molar-refractivity contribution in [1.29, 1.82) is 0 Å². The molecule has 0 fully saturated rings. The second kappa shape index (κ2) is 11.7. The molecule has 0 aliphatic heterocycles. The van der Waals surface area contributed by atoms with E-state index in [2.05, 4.69) is 26.0 Å². The Morgan fingerprint density at radius 3 is 2.35 bits per heavy atom. The molecule has 0 spiro atoms. The Kier molecular flexibility index (Phi) is 11.1. The van der Waals surface area contributed by atoms with E-state index in [0.29, 0.717) is 6.42 Å². The molecule has 100 valence electrons. The fraction of sp³-hybridized carbons (Fsp3) is 0.800. The van der Waals surface area contributed by atoms with Gasteiger partial charge in [0.25, 0.3) is 0 Å². The summed E-state index contributed by atoms with van der Waals surface area (Å²) in [7, 11) is 0. The summed E-state index contributed by atoms with van der Waals surface area (Å²) in [5, 5.41) is 8.46. The lowest BCUT2D eigenvalue weighted by Gasteiger charge is -2.05. The fourth-order valence-electron chi connectivity index (χ4n) is 1.74. The molecule has 0 radical (unpaired) electrons. The minimum absolute atomic E-state index is 0.318. The Bertz CT molecular complexity index is 209. The van der Waals surface area contributed by atoms with Crippen molar-refractivity contribution in [3.8, 4) is 0 Å². The molecule has 1 N–H and O–H groups in total. The number of aliphatic carboxylic acids is 1. The molecule has 1 atom stereocenters. The molecule has 0 aromatic carbocycles. The standard InChI is InChI=1S/C15H28O2/c1-3-14(2)12-10-8-6-4-5-7-9-11-13-15(16)17/h4,6,14H,3,5,7-13H2,1-2H3,(H,16,17). The molecule has 0 aromatic rings. The Morgan fingerprint density at radius 2 is 1.76 bits per heavy atom. The van der Waals surface area contributed by atoms with Gasteiger partial charge in [0.05, 0.1) is 0 Å². The molecule has 0 heterocycles. The van der Waals surface area contributed by atoms with Crippen LogP contribution in [0.2, 0.25) is 0 Å². The molecule has 0 bridgehead atoms. The largest absolute Gasteiger partial charge is 0.481 e. The summed E-state index contributed by atoms with van der Waals surface area (Å²) in [6.07, 6.45) is 14.0. The molecular weight excluding hydrogens is 212 g/mol. The van der Waals surface area contributed by atoms with Crippen molar-refractivity contribution in [2.75, 3.05) is 0 Å². The van der Waals surface area contributed by atoms with Crippen LogP contribution >= 0.6 is 0 Å². The van der Waals surface area contributed by atoms with Gasteiger partial charge in [-0.3, -0.25) is 4.79 Å². The zero-order chi connectivity index (χ0) is 12.9. The summed E-state index contributed by atoms with van der Waals surface area (Å²) in [5.74, 6) is 0.185. The summed E-state index contributed by atoms with van der Waals surface area (Å²) in [6.45, 7) is 4.56. The third-order valence-electron chi connectivity index (χ3n) is 3.19. The van der Waals surface area contributed by atoms with Gasteiger partial charge < -0.3 is 5.11 Å². The number of unbranched alkanes of at least 4 members (excludes halogenated alkanes) is 4. The quantitative estimate of drug-likeness (QED) is 0.416. The monoisotopic (exact) mass is 240 g/mol. The van der Waals surface area contributed by atoms with Gasteiger partial charge in [0.15, 0.2) is 0 Å². The van der Waals surface area contributed by atoms with Crippen molar-refractivity contribution in [1.82, 2.24) is 0 Å². The van der Waals surface area contributed by atoms with Crippen LogP contribution < -0.4 is 0 Å². The van der Waals surface area contributed by atoms with Gasteiger partial charge in [-0.15, -0.1) is 0 Å².